The first kappa shape index (κ1) is 10.5. The second-order valence-corrected chi connectivity index (χ2v) is 3.48. The smallest absolute Gasteiger partial charge is 0.168 e. The molecule has 1 rings (SSSR count). The quantitative estimate of drug-likeness (QED) is 0.886. The molecular weight excluding hydrogens is 237 g/mol. The molecule has 0 aromatic heterocycles. The van der Waals surface area contributed by atoms with Crippen molar-refractivity contribution < 1.29 is 9.13 Å². The SMILES string of the molecule is CNCc1cc(F)c(OC)c(Br)c1. The zero-order chi connectivity index (χ0) is 9.84. The van der Waals surface area contributed by atoms with Crippen molar-refractivity contribution in [1.29, 1.82) is 0 Å². The summed E-state index contributed by atoms with van der Waals surface area (Å²) in [6, 6.07) is 3.29. The molecule has 2 nitrogen and oxygen atoms in total. The van der Waals surface area contributed by atoms with Gasteiger partial charge in [0.2, 0.25) is 0 Å². The van der Waals surface area contributed by atoms with Crippen molar-refractivity contribution in [1.82, 2.24) is 5.32 Å². The summed E-state index contributed by atoms with van der Waals surface area (Å²) < 4.78 is 18.8. The first-order valence-electron chi connectivity index (χ1n) is 3.85. The standard InChI is InChI=1S/C9H11BrFNO/c1-12-5-6-3-7(10)9(13-2)8(11)4-6/h3-4,12H,5H2,1-2H3. The predicted octanol–water partition coefficient (Wildman–Crippen LogP) is 2.32. The minimum Gasteiger partial charge on any atom is -0.492 e. The molecule has 0 aliphatic rings. The van der Waals surface area contributed by atoms with E-state index in [1.54, 1.807) is 0 Å². The second-order valence-electron chi connectivity index (χ2n) is 2.62. The summed E-state index contributed by atoms with van der Waals surface area (Å²) in [5, 5.41) is 2.95. The fourth-order valence-electron chi connectivity index (χ4n) is 1.11. The van der Waals surface area contributed by atoms with E-state index in [1.807, 2.05) is 13.1 Å². The lowest BCUT2D eigenvalue weighted by Crippen LogP contribution is -2.05. The molecule has 0 bridgehead atoms. The molecule has 4 heteroatoms. The largest absolute Gasteiger partial charge is 0.492 e. The maximum Gasteiger partial charge on any atom is 0.168 e. The highest BCUT2D eigenvalue weighted by atomic mass is 79.9. The number of hydrogen-bond donors (Lipinski definition) is 1. The van der Waals surface area contributed by atoms with Crippen molar-refractivity contribution in [3.63, 3.8) is 0 Å². The van der Waals surface area contributed by atoms with Gasteiger partial charge in [0.15, 0.2) is 11.6 Å². The van der Waals surface area contributed by atoms with Gasteiger partial charge in [-0.3, -0.25) is 0 Å². The van der Waals surface area contributed by atoms with Crippen molar-refractivity contribution in [3.05, 3.63) is 28.0 Å². The lowest BCUT2D eigenvalue weighted by atomic mass is 10.2. The van der Waals surface area contributed by atoms with Gasteiger partial charge in [0.25, 0.3) is 0 Å². The van der Waals surface area contributed by atoms with Crippen LogP contribution in [0, 0.1) is 5.82 Å². The Morgan fingerprint density at radius 3 is 2.69 bits per heavy atom. The molecule has 1 aromatic rings. The highest BCUT2D eigenvalue weighted by Gasteiger charge is 2.08. The van der Waals surface area contributed by atoms with Gasteiger partial charge in [-0.05, 0) is 40.7 Å². The molecule has 0 radical (unpaired) electrons. The molecule has 72 valence electrons. The Labute approximate surface area is 85.2 Å². The zero-order valence-electron chi connectivity index (χ0n) is 7.53. The van der Waals surface area contributed by atoms with Crippen LogP contribution in [0.25, 0.3) is 0 Å². The Morgan fingerprint density at radius 1 is 1.54 bits per heavy atom. The van der Waals surface area contributed by atoms with Crippen molar-refractivity contribution in [2.24, 2.45) is 0 Å². The molecule has 0 aliphatic carbocycles. The van der Waals surface area contributed by atoms with Crippen LogP contribution in [0.15, 0.2) is 16.6 Å². The van der Waals surface area contributed by atoms with Gasteiger partial charge in [-0.25, -0.2) is 4.39 Å². The van der Waals surface area contributed by atoms with E-state index in [4.69, 9.17) is 4.74 Å². The summed E-state index contributed by atoms with van der Waals surface area (Å²) in [4.78, 5) is 0. The Kier molecular flexibility index (Phi) is 3.69. The van der Waals surface area contributed by atoms with Crippen LogP contribution in [0.1, 0.15) is 5.56 Å². The molecule has 1 N–H and O–H groups in total. The molecule has 0 spiro atoms. The topological polar surface area (TPSA) is 21.3 Å². The van der Waals surface area contributed by atoms with Crippen molar-refractivity contribution in [2.45, 2.75) is 6.54 Å². The third-order valence-electron chi connectivity index (χ3n) is 1.64. The minimum atomic E-state index is -0.345. The zero-order valence-corrected chi connectivity index (χ0v) is 9.11. The van der Waals surface area contributed by atoms with Crippen LogP contribution in [0.2, 0.25) is 0 Å². The number of rotatable bonds is 3. The third kappa shape index (κ3) is 2.42. The fourth-order valence-corrected chi connectivity index (χ4v) is 1.76. The van der Waals surface area contributed by atoms with E-state index in [1.165, 1.54) is 13.2 Å². The van der Waals surface area contributed by atoms with E-state index in [0.717, 1.165) is 5.56 Å². The molecule has 0 aliphatic heterocycles. The first-order chi connectivity index (χ1) is 6.19. The molecule has 0 heterocycles. The molecule has 0 saturated heterocycles. The normalized spacial score (nSPS) is 10.2. The summed E-state index contributed by atoms with van der Waals surface area (Å²) in [6.07, 6.45) is 0. The van der Waals surface area contributed by atoms with Gasteiger partial charge in [-0.1, -0.05) is 0 Å². The van der Waals surface area contributed by atoms with Crippen LogP contribution >= 0.6 is 15.9 Å². The highest BCUT2D eigenvalue weighted by Crippen LogP contribution is 2.29. The number of hydrogen-bond acceptors (Lipinski definition) is 2. The van der Waals surface area contributed by atoms with Gasteiger partial charge in [-0.15, -0.1) is 0 Å². The monoisotopic (exact) mass is 247 g/mol. The molecule has 0 amide bonds. The molecule has 0 saturated carbocycles. The van der Waals surface area contributed by atoms with Gasteiger partial charge < -0.3 is 10.1 Å². The van der Waals surface area contributed by atoms with Gasteiger partial charge in [0.05, 0.1) is 11.6 Å². The summed E-state index contributed by atoms with van der Waals surface area (Å²) >= 11 is 3.24. The summed E-state index contributed by atoms with van der Waals surface area (Å²) in [5.41, 5.74) is 0.882. The van der Waals surface area contributed by atoms with Crippen LogP contribution in [-0.2, 0) is 6.54 Å². The van der Waals surface area contributed by atoms with E-state index in [-0.39, 0.29) is 11.6 Å². The summed E-state index contributed by atoms with van der Waals surface area (Å²) in [7, 11) is 3.26. The van der Waals surface area contributed by atoms with Gasteiger partial charge in [0.1, 0.15) is 0 Å². The van der Waals surface area contributed by atoms with E-state index in [0.29, 0.717) is 11.0 Å². The Balaban J connectivity index is 3.05. The van der Waals surface area contributed by atoms with Crippen molar-refractivity contribution in [3.8, 4) is 5.75 Å². The van der Waals surface area contributed by atoms with E-state index in [2.05, 4.69) is 21.2 Å². The summed E-state index contributed by atoms with van der Waals surface area (Å²) in [6.45, 7) is 0.638. The number of benzene rings is 1. The Hall–Kier alpha value is -0.610. The van der Waals surface area contributed by atoms with E-state index in [9.17, 15) is 4.39 Å². The van der Waals surface area contributed by atoms with E-state index >= 15 is 0 Å². The fraction of sp³-hybridized carbons (Fsp3) is 0.333. The molecule has 0 atom stereocenters. The molecule has 13 heavy (non-hydrogen) atoms. The highest BCUT2D eigenvalue weighted by molar-refractivity contribution is 9.10. The molecule has 0 fully saturated rings. The third-order valence-corrected chi connectivity index (χ3v) is 2.23. The van der Waals surface area contributed by atoms with E-state index < -0.39 is 0 Å². The van der Waals surface area contributed by atoms with Gasteiger partial charge in [0, 0.05) is 6.54 Å². The predicted molar refractivity (Wildman–Crippen MR) is 53.4 cm³/mol. The maximum absolute atomic E-state index is 13.3. The summed E-state index contributed by atoms with van der Waals surface area (Å²) in [5.74, 6) is -0.0954. The van der Waals surface area contributed by atoms with Crippen molar-refractivity contribution in [2.75, 3.05) is 14.2 Å². The van der Waals surface area contributed by atoms with Crippen LogP contribution < -0.4 is 10.1 Å². The average molecular weight is 248 g/mol. The lowest BCUT2D eigenvalue weighted by molar-refractivity contribution is 0.383. The first-order valence-corrected chi connectivity index (χ1v) is 4.65. The number of halogens is 2. The van der Waals surface area contributed by atoms with Crippen LogP contribution in [0.4, 0.5) is 4.39 Å². The van der Waals surface area contributed by atoms with Crippen LogP contribution in [0.3, 0.4) is 0 Å². The Morgan fingerprint density at radius 2 is 2.23 bits per heavy atom. The van der Waals surface area contributed by atoms with Crippen molar-refractivity contribution >= 4 is 15.9 Å². The second kappa shape index (κ2) is 4.58. The maximum atomic E-state index is 13.3. The molecule has 0 unspecified atom stereocenters. The average Bonchev–Trinajstić information content (AvgIpc) is 2.04. The number of ether oxygens (including phenoxy) is 1. The molecule has 1 aromatic carbocycles. The van der Waals surface area contributed by atoms with Crippen LogP contribution in [0.5, 0.6) is 5.75 Å². The molecular formula is C9H11BrFNO. The minimum absolute atomic E-state index is 0.250. The lowest BCUT2D eigenvalue weighted by Gasteiger charge is -2.07. The van der Waals surface area contributed by atoms with Gasteiger partial charge >= 0.3 is 0 Å². The van der Waals surface area contributed by atoms with Crippen LogP contribution in [-0.4, -0.2) is 14.2 Å². The number of methoxy groups -OCH3 is 1. The number of nitrogens with one attached hydrogen (secondary N) is 1. The Bertz CT molecular complexity index is 281. The van der Waals surface area contributed by atoms with Gasteiger partial charge in [-0.2, -0.15) is 0 Å².